The molecule has 0 aromatic rings. The minimum absolute atomic E-state index is 0.0216. The van der Waals surface area contributed by atoms with Crippen molar-refractivity contribution in [3.63, 3.8) is 0 Å². The van der Waals surface area contributed by atoms with Gasteiger partial charge in [0.2, 0.25) is 0 Å². The fourth-order valence-electron chi connectivity index (χ4n) is 2.70. The van der Waals surface area contributed by atoms with Gasteiger partial charge in [-0.15, -0.1) is 0 Å². The van der Waals surface area contributed by atoms with Gasteiger partial charge in [0.25, 0.3) is 0 Å². The van der Waals surface area contributed by atoms with E-state index in [1.54, 1.807) is 0 Å². The van der Waals surface area contributed by atoms with E-state index in [-0.39, 0.29) is 17.3 Å². The van der Waals surface area contributed by atoms with Crippen LogP contribution in [0.2, 0.25) is 0 Å². The van der Waals surface area contributed by atoms with Crippen LogP contribution in [0.1, 0.15) is 40.0 Å². The number of fused-ring (bicyclic) bond motifs is 3. The van der Waals surface area contributed by atoms with E-state index in [2.05, 4.69) is 13.8 Å². The van der Waals surface area contributed by atoms with Crippen molar-refractivity contribution in [1.29, 1.82) is 0 Å². The van der Waals surface area contributed by atoms with Crippen LogP contribution in [0.4, 0.5) is 0 Å². The molecule has 3 rings (SSSR count). The fraction of sp³-hybridized carbons (Fsp3) is 1.00. The Morgan fingerprint density at radius 3 is 2.33 bits per heavy atom. The third kappa shape index (κ3) is 1.01. The van der Waals surface area contributed by atoms with E-state index in [0.29, 0.717) is 5.92 Å². The maximum Gasteiger partial charge on any atom is 0.0919 e. The molecule has 3 fully saturated rings. The monoisotopic (exact) mass is 170 g/mol. The van der Waals surface area contributed by atoms with Crippen molar-refractivity contribution in [3.05, 3.63) is 0 Å². The summed E-state index contributed by atoms with van der Waals surface area (Å²) in [6.07, 6.45) is 2.90. The molecule has 0 amide bonds. The zero-order chi connectivity index (χ0) is 8.98. The van der Waals surface area contributed by atoms with Gasteiger partial charge in [-0.05, 0) is 46.0 Å². The molecule has 2 nitrogen and oxygen atoms in total. The molecular weight excluding hydrogens is 152 g/mol. The average molecular weight is 170 g/mol. The highest BCUT2D eigenvalue weighted by atomic mass is 16.5. The minimum Gasteiger partial charge on any atom is -0.390 e. The van der Waals surface area contributed by atoms with Crippen LogP contribution >= 0.6 is 0 Å². The molecule has 0 aromatic heterocycles. The molecular formula is C10H18O2. The Hall–Kier alpha value is -0.0800. The Morgan fingerprint density at radius 2 is 2.00 bits per heavy atom. The third-order valence-electron chi connectivity index (χ3n) is 3.68. The molecule has 1 aliphatic carbocycles. The summed E-state index contributed by atoms with van der Waals surface area (Å²) in [5, 5.41) is 9.77. The lowest BCUT2D eigenvalue weighted by Gasteiger charge is -2.56. The Balaban J connectivity index is 2.26. The number of aliphatic hydroxyl groups is 1. The van der Waals surface area contributed by atoms with E-state index in [0.717, 1.165) is 12.8 Å². The molecule has 2 heterocycles. The van der Waals surface area contributed by atoms with E-state index in [4.69, 9.17) is 4.74 Å². The zero-order valence-corrected chi connectivity index (χ0v) is 8.13. The predicted molar refractivity (Wildman–Crippen MR) is 46.9 cm³/mol. The molecule has 2 saturated heterocycles. The van der Waals surface area contributed by atoms with Gasteiger partial charge in [0.1, 0.15) is 0 Å². The molecule has 3 atom stereocenters. The molecule has 70 valence electrons. The largest absolute Gasteiger partial charge is 0.390 e. The molecule has 1 N–H and O–H groups in total. The SMILES string of the molecule is CC1(C)OC2(C)CC[C@H]1C[C@@H]2O. The molecule has 12 heavy (non-hydrogen) atoms. The van der Waals surface area contributed by atoms with Gasteiger partial charge in [-0.2, -0.15) is 0 Å². The lowest BCUT2D eigenvalue weighted by atomic mass is 9.67. The van der Waals surface area contributed by atoms with E-state index >= 15 is 0 Å². The van der Waals surface area contributed by atoms with Gasteiger partial charge >= 0.3 is 0 Å². The number of aliphatic hydroxyl groups excluding tert-OH is 1. The Morgan fingerprint density at radius 1 is 1.33 bits per heavy atom. The highest BCUT2D eigenvalue weighted by Gasteiger charge is 2.53. The lowest BCUT2D eigenvalue weighted by Crippen LogP contribution is -2.61. The van der Waals surface area contributed by atoms with Crippen LogP contribution in [0, 0.1) is 5.92 Å². The normalized spacial score (nSPS) is 51.0. The van der Waals surface area contributed by atoms with Crippen LogP contribution in [-0.4, -0.2) is 22.4 Å². The highest BCUT2D eigenvalue weighted by molar-refractivity contribution is 5.02. The molecule has 1 unspecified atom stereocenters. The molecule has 0 aromatic carbocycles. The molecule has 2 bridgehead atoms. The van der Waals surface area contributed by atoms with E-state index < -0.39 is 0 Å². The maximum atomic E-state index is 9.77. The number of hydrogen-bond donors (Lipinski definition) is 1. The standard InChI is InChI=1S/C10H18O2/c1-9(2)7-4-5-10(3,12-9)8(11)6-7/h7-8,11H,4-6H2,1-3H3/t7-,8-,10?/m0/s1. The summed E-state index contributed by atoms with van der Waals surface area (Å²) in [5.74, 6) is 0.550. The summed E-state index contributed by atoms with van der Waals surface area (Å²) in [5.41, 5.74) is -0.287. The van der Waals surface area contributed by atoms with E-state index in [1.807, 2.05) is 6.92 Å². The third-order valence-corrected chi connectivity index (χ3v) is 3.68. The van der Waals surface area contributed by atoms with Crippen molar-refractivity contribution in [3.8, 4) is 0 Å². The van der Waals surface area contributed by atoms with Gasteiger partial charge in [-0.1, -0.05) is 0 Å². The van der Waals surface area contributed by atoms with Crippen molar-refractivity contribution in [2.24, 2.45) is 5.92 Å². The molecule has 0 spiro atoms. The van der Waals surface area contributed by atoms with Crippen molar-refractivity contribution < 1.29 is 9.84 Å². The van der Waals surface area contributed by atoms with Gasteiger partial charge in [0.05, 0.1) is 17.3 Å². The van der Waals surface area contributed by atoms with Crippen LogP contribution < -0.4 is 0 Å². The van der Waals surface area contributed by atoms with Crippen molar-refractivity contribution in [1.82, 2.24) is 0 Å². The zero-order valence-electron chi connectivity index (χ0n) is 8.13. The van der Waals surface area contributed by atoms with Crippen LogP contribution in [-0.2, 0) is 4.74 Å². The smallest absolute Gasteiger partial charge is 0.0919 e. The van der Waals surface area contributed by atoms with Gasteiger partial charge < -0.3 is 9.84 Å². The van der Waals surface area contributed by atoms with Crippen molar-refractivity contribution >= 4 is 0 Å². The van der Waals surface area contributed by atoms with Gasteiger partial charge in [-0.25, -0.2) is 0 Å². The Bertz CT molecular complexity index is 200. The Kier molecular flexibility index (Phi) is 1.59. The van der Waals surface area contributed by atoms with Gasteiger partial charge in [0.15, 0.2) is 0 Å². The Labute approximate surface area is 73.9 Å². The fourth-order valence-corrected chi connectivity index (χ4v) is 2.70. The number of hydrogen-bond acceptors (Lipinski definition) is 2. The second-order valence-corrected chi connectivity index (χ2v) is 5.01. The summed E-state index contributed by atoms with van der Waals surface area (Å²) in [6, 6.07) is 0. The summed E-state index contributed by atoms with van der Waals surface area (Å²) in [4.78, 5) is 0. The van der Waals surface area contributed by atoms with E-state index in [9.17, 15) is 5.11 Å². The first-order valence-corrected chi connectivity index (χ1v) is 4.82. The van der Waals surface area contributed by atoms with Gasteiger partial charge in [0, 0.05) is 0 Å². The number of rotatable bonds is 0. The van der Waals surface area contributed by atoms with Gasteiger partial charge in [-0.3, -0.25) is 0 Å². The quantitative estimate of drug-likeness (QED) is 0.599. The molecule has 2 heteroatoms. The molecule has 2 aliphatic heterocycles. The van der Waals surface area contributed by atoms with Crippen LogP contribution in [0.15, 0.2) is 0 Å². The second-order valence-electron chi connectivity index (χ2n) is 5.01. The summed E-state index contributed by atoms with van der Waals surface area (Å²) < 4.78 is 5.92. The summed E-state index contributed by atoms with van der Waals surface area (Å²) in [7, 11) is 0. The van der Waals surface area contributed by atoms with Crippen LogP contribution in [0.25, 0.3) is 0 Å². The minimum atomic E-state index is -0.266. The topological polar surface area (TPSA) is 29.5 Å². The predicted octanol–water partition coefficient (Wildman–Crippen LogP) is 1.71. The maximum absolute atomic E-state index is 9.77. The molecule has 1 saturated carbocycles. The van der Waals surface area contributed by atoms with Crippen LogP contribution in [0.5, 0.6) is 0 Å². The number of ether oxygens (including phenoxy) is 1. The molecule has 0 radical (unpaired) electrons. The second kappa shape index (κ2) is 2.24. The first kappa shape index (κ1) is 8.52. The average Bonchev–Trinajstić information content (AvgIpc) is 1.91. The summed E-state index contributed by atoms with van der Waals surface area (Å²) >= 11 is 0. The van der Waals surface area contributed by atoms with Crippen molar-refractivity contribution in [2.75, 3.05) is 0 Å². The van der Waals surface area contributed by atoms with Crippen LogP contribution in [0.3, 0.4) is 0 Å². The first-order chi connectivity index (χ1) is 5.44. The van der Waals surface area contributed by atoms with E-state index in [1.165, 1.54) is 6.42 Å². The highest BCUT2D eigenvalue weighted by Crippen LogP contribution is 2.49. The summed E-state index contributed by atoms with van der Waals surface area (Å²) in [6.45, 7) is 6.32. The lowest BCUT2D eigenvalue weighted by molar-refractivity contribution is -0.273. The molecule has 3 aliphatic rings. The van der Waals surface area contributed by atoms with Crippen molar-refractivity contribution in [2.45, 2.75) is 57.3 Å². The first-order valence-electron chi connectivity index (χ1n) is 4.82.